The van der Waals surface area contributed by atoms with Gasteiger partial charge in [-0.25, -0.2) is 4.68 Å². The fourth-order valence-electron chi connectivity index (χ4n) is 2.11. The molecule has 100 valence electrons. The Morgan fingerprint density at radius 3 is 2.84 bits per heavy atom. The summed E-state index contributed by atoms with van der Waals surface area (Å²) in [5.74, 6) is 0. The summed E-state index contributed by atoms with van der Waals surface area (Å²) in [6, 6.07) is 4.70. The monoisotopic (exact) mass is 276 g/mol. The average molecular weight is 277 g/mol. The van der Waals surface area contributed by atoms with E-state index in [1.807, 2.05) is 30.8 Å². The molecule has 2 aromatic heterocycles. The zero-order valence-electron chi connectivity index (χ0n) is 11.2. The van der Waals surface area contributed by atoms with E-state index in [4.69, 9.17) is 11.6 Å². The fraction of sp³-hybridized carbons (Fsp3) is 0.429. The number of aromatic nitrogens is 3. The van der Waals surface area contributed by atoms with Crippen molar-refractivity contribution in [3.63, 3.8) is 0 Å². The molecule has 0 radical (unpaired) electrons. The number of halogens is 1. The van der Waals surface area contributed by atoms with Crippen LogP contribution in [0.4, 0.5) is 0 Å². The van der Waals surface area contributed by atoms with E-state index in [9.17, 15) is 0 Å². The third-order valence-electron chi connectivity index (χ3n) is 3.40. The molecule has 0 aliphatic heterocycles. The highest BCUT2D eigenvalue weighted by Gasteiger charge is 2.20. The van der Waals surface area contributed by atoms with Crippen molar-refractivity contribution in [3.05, 3.63) is 40.4 Å². The summed E-state index contributed by atoms with van der Waals surface area (Å²) >= 11 is 6.19. The molecule has 1 aliphatic carbocycles. The maximum absolute atomic E-state index is 6.19. The molecule has 1 saturated carbocycles. The first-order chi connectivity index (χ1) is 9.15. The van der Waals surface area contributed by atoms with E-state index in [1.165, 1.54) is 12.8 Å². The van der Waals surface area contributed by atoms with E-state index >= 15 is 0 Å². The van der Waals surface area contributed by atoms with Crippen molar-refractivity contribution in [3.8, 4) is 5.69 Å². The first kappa shape index (κ1) is 12.6. The van der Waals surface area contributed by atoms with Gasteiger partial charge < -0.3 is 5.32 Å². The molecule has 3 rings (SSSR count). The summed E-state index contributed by atoms with van der Waals surface area (Å²) in [7, 11) is 0. The van der Waals surface area contributed by atoms with Crippen molar-refractivity contribution in [2.24, 2.45) is 0 Å². The lowest BCUT2D eigenvalue weighted by Crippen LogP contribution is -2.16. The Hall–Kier alpha value is -1.39. The SMILES string of the molecule is Cc1nn(-c2ccnc(CNC3CC3)c2)c(C)c1Cl. The van der Waals surface area contributed by atoms with Crippen molar-refractivity contribution in [1.82, 2.24) is 20.1 Å². The van der Waals surface area contributed by atoms with Gasteiger partial charge >= 0.3 is 0 Å². The summed E-state index contributed by atoms with van der Waals surface area (Å²) in [6.45, 7) is 4.71. The van der Waals surface area contributed by atoms with Gasteiger partial charge in [-0.2, -0.15) is 5.10 Å². The third-order valence-corrected chi connectivity index (χ3v) is 3.94. The molecule has 0 bridgehead atoms. The molecule has 0 atom stereocenters. The largest absolute Gasteiger partial charge is 0.308 e. The molecule has 4 nitrogen and oxygen atoms in total. The number of pyridine rings is 1. The second kappa shape index (κ2) is 4.94. The number of hydrogen-bond donors (Lipinski definition) is 1. The molecule has 19 heavy (non-hydrogen) atoms. The number of aryl methyl sites for hydroxylation is 1. The molecule has 1 aliphatic rings. The quantitative estimate of drug-likeness (QED) is 0.934. The molecule has 0 saturated heterocycles. The molecular formula is C14H17ClN4. The number of nitrogens with one attached hydrogen (secondary N) is 1. The van der Waals surface area contributed by atoms with Crippen LogP contribution in [0.5, 0.6) is 0 Å². The second-order valence-corrected chi connectivity index (χ2v) is 5.44. The minimum absolute atomic E-state index is 0.689. The highest BCUT2D eigenvalue weighted by molar-refractivity contribution is 6.31. The first-order valence-electron chi connectivity index (χ1n) is 6.55. The maximum atomic E-state index is 6.19. The zero-order chi connectivity index (χ0) is 13.4. The van der Waals surface area contributed by atoms with Gasteiger partial charge in [0.25, 0.3) is 0 Å². The highest BCUT2D eigenvalue weighted by atomic mass is 35.5. The predicted molar refractivity (Wildman–Crippen MR) is 75.7 cm³/mol. The molecule has 0 aromatic carbocycles. The van der Waals surface area contributed by atoms with Gasteiger partial charge in [-0.1, -0.05) is 11.6 Å². The Balaban J connectivity index is 1.86. The lowest BCUT2D eigenvalue weighted by molar-refractivity contribution is 0.673. The summed E-state index contributed by atoms with van der Waals surface area (Å²) in [5, 5.41) is 8.66. The van der Waals surface area contributed by atoms with Crippen LogP contribution in [0.15, 0.2) is 18.3 Å². The van der Waals surface area contributed by atoms with Crippen molar-refractivity contribution in [2.45, 2.75) is 39.3 Å². The Labute approximate surface area is 117 Å². The number of nitrogens with zero attached hydrogens (tertiary/aromatic N) is 3. The Morgan fingerprint density at radius 1 is 1.42 bits per heavy atom. The highest BCUT2D eigenvalue weighted by Crippen LogP contribution is 2.23. The maximum Gasteiger partial charge on any atom is 0.0848 e. The molecule has 0 amide bonds. The van der Waals surface area contributed by atoms with E-state index in [1.54, 1.807) is 0 Å². The smallest absolute Gasteiger partial charge is 0.0848 e. The van der Waals surface area contributed by atoms with Crippen LogP contribution in [0, 0.1) is 13.8 Å². The molecule has 0 unspecified atom stereocenters. The minimum atomic E-state index is 0.689. The molecule has 0 spiro atoms. The van der Waals surface area contributed by atoms with Crippen LogP contribution >= 0.6 is 11.6 Å². The molecule has 1 fully saturated rings. The summed E-state index contributed by atoms with van der Waals surface area (Å²) in [4.78, 5) is 4.39. The molecule has 5 heteroatoms. The van der Waals surface area contributed by atoms with Crippen LogP contribution in [0.1, 0.15) is 29.9 Å². The molecule has 2 heterocycles. The zero-order valence-corrected chi connectivity index (χ0v) is 11.9. The van der Waals surface area contributed by atoms with Crippen LogP contribution in [-0.2, 0) is 6.54 Å². The third kappa shape index (κ3) is 2.65. The van der Waals surface area contributed by atoms with E-state index < -0.39 is 0 Å². The minimum Gasteiger partial charge on any atom is -0.308 e. The van der Waals surface area contributed by atoms with Crippen molar-refractivity contribution in [1.29, 1.82) is 0 Å². The van der Waals surface area contributed by atoms with Crippen LogP contribution in [0.2, 0.25) is 5.02 Å². The van der Waals surface area contributed by atoms with Crippen LogP contribution in [0.25, 0.3) is 5.69 Å². The first-order valence-corrected chi connectivity index (χ1v) is 6.93. The molecular weight excluding hydrogens is 260 g/mol. The Morgan fingerprint density at radius 2 is 2.21 bits per heavy atom. The van der Waals surface area contributed by atoms with Crippen LogP contribution < -0.4 is 5.32 Å². The van der Waals surface area contributed by atoms with E-state index in [0.29, 0.717) is 6.04 Å². The van der Waals surface area contributed by atoms with Gasteiger partial charge in [-0.15, -0.1) is 0 Å². The van der Waals surface area contributed by atoms with Gasteiger partial charge in [0, 0.05) is 18.8 Å². The lowest BCUT2D eigenvalue weighted by atomic mass is 10.3. The Bertz CT molecular complexity index is 601. The van der Waals surface area contributed by atoms with Gasteiger partial charge in [-0.05, 0) is 38.8 Å². The van der Waals surface area contributed by atoms with Gasteiger partial charge in [0.15, 0.2) is 0 Å². The van der Waals surface area contributed by atoms with E-state index in [2.05, 4.69) is 21.5 Å². The fourth-order valence-corrected chi connectivity index (χ4v) is 2.22. The van der Waals surface area contributed by atoms with Crippen molar-refractivity contribution < 1.29 is 0 Å². The van der Waals surface area contributed by atoms with Crippen LogP contribution in [-0.4, -0.2) is 20.8 Å². The van der Waals surface area contributed by atoms with Gasteiger partial charge in [0.05, 0.1) is 27.8 Å². The Kier molecular flexibility index (Phi) is 3.29. The van der Waals surface area contributed by atoms with E-state index in [0.717, 1.165) is 34.3 Å². The number of rotatable bonds is 4. The van der Waals surface area contributed by atoms with Gasteiger partial charge in [0.1, 0.15) is 0 Å². The standard InChI is InChI=1S/C14H17ClN4/c1-9-14(15)10(2)19(18-9)13-5-6-16-12(7-13)8-17-11-3-4-11/h5-7,11,17H,3-4,8H2,1-2H3. The summed E-state index contributed by atoms with van der Waals surface area (Å²) < 4.78 is 1.87. The van der Waals surface area contributed by atoms with Crippen LogP contribution in [0.3, 0.4) is 0 Å². The second-order valence-electron chi connectivity index (χ2n) is 5.06. The topological polar surface area (TPSA) is 42.7 Å². The number of hydrogen-bond acceptors (Lipinski definition) is 3. The summed E-state index contributed by atoms with van der Waals surface area (Å²) in [5.41, 5.74) is 3.86. The van der Waals surface area contributed by atoms with Crippen molar-refractivity contribution in [2.75, 3.05) is 0 Å². The predicted octanol–water partition coefficient (Wildman–Crippen LogP) is 2.79. The summed E-state index contributed by atoms with van der Waals surface area (Å²) in [6.07, 6.45) is 4.39. The molecule has 1 N–H and O–H groups in total. The van der Waals surface area contributed by atoms with E-state index in [-0.39, 0.29) is 0 Å². The average Bonchev–Trinajstić information content (AvgIpc) is 3.21. The molecule has 2 aromatic rings. The lowest BCUT2D eigenvalue weighted by Gasteiger charge is -2.07. The normalized spacial score (nSPS) is 14.9. The van der Waals surface area contributed by atoms with Gasteiger partial charge in [0.2, 0.25) is 0 Å². The van der Waals surface area contributed by atoms with Gasteiger partial charge in [-0.3, -0.25) is 4.98 Å². The van der Waals surface area contributed by atoms with Crippen molar-refractivity contribution >= 4 is 11.6 Å².